The van der Waals surface area contributed by atoms with Gasteiger partial charge in [-0.3, -0.25) is 0 Å². The van der Waals surface area contributed by atoms with E-state index in [-0.39, 0.29) is 0 Å². The van der Waals surface area contributed by atoms with E-state index in [1.165, 1.54) is 0 Å². The average Bonchev–Trinajstić information content (AvgIpc) is 2.75. The van der Waals surface area contributed by atoms with Gasteiger partial charge in [0.1, 0.15) is 5.82 Å². The Balaban J connectivity index is 2.08. The topological polar surface area (TPSA) is 41.0 Å². The number of aromatic nitrogens is 2. The minimum atomic E-state index is 0.819. The van der Waals surface area contributed by atoms with Crippen molar-refractivity contribution in [3.8, 4) is 0 Å². The quantitative estimate of drug-likeness (QED) is 0.899. The second-order valence-corrected chi connectivity index (χ2v) is 5.21. The lowest BCUT2D eigenvalue weighted by Gasteiger charge is -2.18. The zero-order chi connectivity index (χ0) is 13.0. The molecule has 0 aliphatic carbocycles. The largest absolute Gasteiger partial charge is 0.370 e. The minimum absolute atomic E-state index is 0.819. The van der Waals surface area contributed by atoms with Crippen molar-refractivity contribution in [3.63, 3.8) is 0 Å². The molecule has 0 atom stereocenters. The maximum Gasteiger partial charge on any atom is 0.127 e. The van der Waals surface area contributed by atoms with Crippen LogP contribution in [-0.2, 0) is 6.54 Å². The first kappa shape index (κ1) is 12.8. The fourth-order valence-corrected chi connectivity index (χ4v) is 2.35. The maximum absolute atomic E-state index is 4.48. The van der Waals surface area contributed by atoms with Gasteiger partial charge in [0, 0.05) is 36.9 Å². The summed E-state index contributed by atoms with van der Waals surface area (Å²) in [5.41, 5.74) is 2.26. The zero-order valence-electron chi connectivity index (χ0n) is 11.0. The Kier molecular flexibility index (Phi) is 4.15. The van der Waals surface area contributed by atoms with Gasteiger partial charge in [0.05, 0.1) is 17.2 Å². The lowest BCUT2D eigenvalue weighted by Crippen LogP contribution is -2.17. The highest BCUT2D eigenvalue weighted by molar-refractivity contribution is 7.09. The van der Waals surface area contributed by atoms with Crippen molar-refractivity contribution in [3.05, 3.63) is 34.4 Å². The highest BCUT2D eigenvalue weighted by atomic mass is 32.1. The van der Waals surface area contributed by atoms with Gasteiger partial charge in [0.15, 0.2) is 0 Å². The van der Waals surface area contributed by atoms with Gasteiger partial charge in [0.25, 0.3) is 0 Å². The lowest BCUT2D eigenvalue weighted by molar-refractivity contribution is 0.888. The summed E-state index contributed by atoms with van der Waals surface area (Å²) in [5.74, 6) is 0.913. The second kappa shape index (κ2) is 5.82. The first-order valence-corrected chi connectivity index (χ1v) is 6.89. The molecule has 0 radical (unpaired) electrons. The van der Waals surface area contributed by atoms with Crippen LogP contribution in [0.3, 0.4) is 0 Å². The molecule has 0 bridgehead atoms. The number of hydrogen-bond donors (Lipinski definition) is 1. The summed E-state index contributed by atoms with van der Waals surface area (Å²) in [7, 11) is 2.07. The van der Waals surface area contributed by atoms with Gasteiger partial charge < -0.3 is 10.2 Å². The summed E-state index contributed by atoms with van der Waals surface area (Å²) < 4.78 is 0. The number of rotatable bonds is 5. The monoisotopic (exact) mass is 262 g/mol. The summed E-state index contributed by atoms with van der Waals surface area (Å²) in [6.07, 6.45) is 1.83. The SMILES string of the molecule is CCNc1cc(N(C)Cc2csc(C)n2)ccn1. The Morgan fingerprint density at radius 2 is 2.28 bits per heavy atom. The van der Waals surface area contributed by atoms with Gasteiger partial charge in [0.2, 0.25) is 0 Å². The molecular formula is C13H18N4S. The predicted octanol–water partition coefficient (Wildman–Crippen LogP) is 2.91. The minimum Gasteiger partial charge on any atom is -0.370 e. The van der Waals surface area contributed by atoms with Crippen LogP contribution in [0.2, 0.25) is 0 Å². The van der Waals surface area contributed by atoms with Crippen molar-refractivity contribution in [1.82, 2.24) is 9.97 Å². The number of anilines is 2. The number of nitrogens with one attached hydrogen (secondary N) is 1. The number of thiazole rings is 1. The van der Waals surface area contributed by atoms with E-state index < -0.39 is 0 Å². The van der Waals surface area contributed by atoms with Gasteiger partial charge >= 0.3 is 0 Å². The summed E-state index contributed by atoms with van der Waals surface area (Å²) >= 11 is 1.69. The molecule has 1 N–H and O–H groups in total. The van der Waals surface area contributed by atoms with Gasteiger partial charge in [-0.2, -0.15) is 0 Å². The average molecular weight is 262 g/mol. The molecule has 2 aromatic rings. The smallest absolute Gasteiger partial charge is 0.127 e. The van der Waals surface area contributed by atoms with Crippen molar-refractivity contribution in [1.29, 1.82) is 0 Å². The zero-order valence-corrected chi connectivity index (χ0v) is 11.8. The van der Waals surface area contributed by atoms with Gasteiger partial charge in [-0.25, -0.2) is 9.97 Å². The molecule has 2 rings (SSSR count). The molecule has 0 aromatic carbocycles. The van der Waals surface area contributed by atoms with Crippen LogP contribution in [0.5, 0.6) is 0 Å². The Bertz CT molecular complexity index is 509. The Morgan fingerprint density at radius 3 is 2.94 bits per heavy atom. The van der Waals surface area contributed by atoms with Gasteiger partial charge in [-0.15, -0.1) is 11.3 Å². The maximum atomic E-state index is 4.48. The molecular weight excluding hydrogens is 244 g/mol. The van der Waals surface area contributed by atoms with E-state index in [0.29, 0.717) is 0 Å². The van der Waals surface area contributed by atoms with Crippen molar-refractivity contribution in [2.45, 2.75) is 20.4 Å². The fraction of sp³-hybridized carbons (Fsp3) is 0.385. The van der Waals surface area contributed by atoms with Crippen LogP contribution in [-0.4, -0.2) is 23.6 Å². The van der Waals surface area contributed by atoms with Crippen LogP contribution in [0.25, 0.3) is 0 Å². The van der Waals surface area contributed by atoms with Crippen molar-refractivity contribution in [2.75, 3.05) is 23.8 Å². The molecule has 0 amide bonds. The molecule has 0 aliphatic rings. The van der Waals surface area contributed by atoms with E-state index in [1.54, 1.807) is 11.3 Å². The van der Waals surface area contributed by atoms with Crippen LogP contribution >= 0.6 is 11.3 Å². The molecule has 0 unspecified atom stereocenters. The fourth-order valence-electron chi connectivity index (χ4n) is 1.75. The number of hydrogen-bond acceptors (Lipinski definition) is 5. The van der Waals surface area contributed by atoms with E-state index in [2.05, 4.69) is 45.6 Å². The molecule has 2 heterocycles. The van der Waals surface area contributed by atoms with Crippen LogP contribution in [0.1, 0.15) is 17.6 Å². The molecule has 0 saturated heterocycles. The molecule has 0 spiro atoms. The van der Waals surface area contributed by atoms with E-state index in [4.69, 9.17) is 0 Å². The van der Waals surface area contributed by atoms with E-state index in [1.807, 2.05) is 19.2 Å². The molecule has 0 fully saturated rings. The highest BCUT2D eigenvalue weighted by Gasteiger charge is 2.05. The third-order valence-electron chi connectivity index (χ3n) is 2.61. The number of aryl methyl sites for hydroxylation is 1. The van der Waals surface area contributed by atoms with Crippen molar-refractivity contribution >= 4 is 22.8 Å². The van der Waals surface area contributed by atoms with Crippen molar-refractivity contribution < 1.29 is 0 Å². The first-order chi connectivity index (χ1) is 8.69. The molecule has 0 saturated carbocycles. The van der Waals surface area contributed by atoms with Crippen LogP contribution < -0.4 is 10.2 Å². The van der Waals surface area contributed by atoms with Gasteiger partial charge in [-0.05, 0) is 19.9 Å². The molecule has 0 aliphatic heterocycles. The molecule has 18 heavy (non-hydrogen) atoms. The van der Waals surface area contributed by atoms with Crippen molar-refractivity contribution in [2.24, 2.45) is 0 Å². The van der Waals surface area contributed by atoms with Crippen LogP contribution in [0.15, 0.2) is 23.7 Å². The van der Waals surface area contributed by atoms with E-state index >= 15 is 0 Å². The summed E-state index contributed by atoms with van der Waals surface area (Å²) in [6.45, 7) is 5.80. The number of nitrogens with zero attached hydrogens (tertiary/aromatic N) is 3. The summed E-state index contributed by atoms with van der Waals surface area (Å²) in [4.78, 5) is 10.9. The molecule has 5 heteroatoms. The Labute approximate surface area is 112 Å². The molecule has 96 valence electrons. The Hall–Kier alpha value is -1.62. The molecule has 4 nitrogen and oxygen atoms in total. The highest BCUT2D eigenvalue weighted by Crippen LogP contribution is 2.18. The van der Waals surface area contributed by atoms with Crippen LogP contribution in [0, 0.1) is 6.92 Å². The standard InChI is InChI=1S/C13H18N4S/c1-4-14-13-7-12(5-6-15-13)17(3)8-11-9-18-10(2)16-11/h5-7,9H,4,8H2,1-3H3,(H,14,15). The van der Waals surface area contributed by atoms with Crippen LogP contribution in [0.4, 0.5) is 11.5 Å². The first-order valence-electron chi connectivity index (χ1n) is 6.01. The number of pyridine rings is 1. The predicted molar refractivity (Wildman–Crippen MR) is 77.4 cm³/mol. The van der Waals surface area contributed by atoms with E-state index in [0.717, 1.165) is 35.3 Å². The summed E-state index contributed by atoms with van der Waals surface area (Å²) in [6, 6.07) is 4.07. The second-order valence-electron chi connectivity index (χ2n) is 4.14. The normalized spacial score (nSPS) is 10.4. The summed E-state index contributed by atoms with van der Waals surface area (Å²) in [5, 5.41) is 6.44. The lowest BCUT2D eigenvalue weighted by atomic mass is 10.3. The van der Waals surface area contributed by atoms with E-state index in [9.17, 15) is 0 Å². The third-order valence-corrected chi connectivity index (χ3v) is 3.43. The van der Waals surface area contributed by atoms with Gasteiger partial charge in [-0.1, -0.05) is 0 Å². The Morgan fingerprint density at radius 1 is 1.44 bits per heavy atom. The molecule has 2 aromatic heterocycles. The third kappa shape index (κ3) is 3.20.